The summed E-state index contributed by atoms with van der Waals surface area (Å²) in [5.41, 5.74) is 0.978. The summed E-state index contributed by atoms with van der Waals surface area (Å²) in [4.78, 5) is 12.2. The number of benzene rings is 3. The predicted octanol–water partition coefficient (Wildman–Crippen LogP) is 3.08. The summed E-state index contributed by atoms with van der Waals surface area (Å²) in [7, 11) is -2.51. The first-order valence-electron chi connectivity index (χ1n) is 8.50. The van der Waals surface area contributed by atoms with Crippen LogP contribution in [0.25, 0.3) is 10.8 Å². The Morgan fingerprint density at radius 2 is 1.71 bits per heavy atom. The summed E-state index contributed by atoms with van der Waals surface area (Å²) >= 11 is 0. The van der Waals surface area contributed by atoms with Gasteiger partial charge in [-0.1, -0.05) is 48.5 Å². The van der Waals surface area contributed by atoms with E-state index in [-0.39, 0.29) is 11.5 Å². The molecule has 0 fully saturated rings. The summed E-state index contributed by atoms with van der Waals surface area (Å²) in [5.74, 6) is -0.695. The molecule has 0 aromatic heterocycles. The quantitative estimate of drug-likeness (QED) is 0.600. The normalized spacial score (nSPS) is 11.3. The Hall–Kier alpha value is -3.21. The van der Waals surface area contributed by atoms with Crippen LogP contribution in [0, 0.1) is 11.3 Å². The number of esters is 1. The van der Waals surface area contributed by atoms with Crippen molar-refractivity contribution in [2.45, 2.75) is 11.5 Å². The van der Waals surface area contributed by atoms with Gasteiger partial charge >= 0.3 is 5.97 Å². The number of sulfonamides is 1. The molecule has 0 saturated heterocycles. The largest absolute Gasteiger partial charge is 0.460 e. The fraction of sp³-hybridized carbons (Fsp3) is 0.143. The van der Waals surface area contributed by atoms with Crippen molar-refractivity contribution in [3.63, 3.8) is 0 Å². The predicted molar refractivity (Wildman–Crippen MR) is 105 cm³/mol. The number of hydrogen-bond acceptors (Lipinski definition) is 5. The molecule has 3 aromatic carbocycles. The van der Waals surface area contributed by atoms with Crippen LogP contribution in [0.5, 0.6) is 0 Å². The molecule has 0 N–H and O–H groups in total. The smallest absolute Gasteiger partial charge is 0.321 e. The van der Waals surface area contributed by atoms with Crippen molar-refractivity contribution in [3.8, 4) is 6.07 Å². The lowest BCUT2D eigenvalue weighted by Gasteiger charge is -2.17. The summed E-state index contributed by atoms with van der Waals surface area (Å²) in [6.07, 6.45) is 0. The first-order valence-corrected chi connectivity index (χ1v) is 9.94. The SMILES string of the molecule is CN(CC(=O)OCc1ccccc1C#N)S(=O)(=O)c1ccc2ccccc2c1. The molecular formula is C21H18N2O4S. The molecule has 0 unspecified atom stereocenters. The lowest BCUT2D eigenvalue weighted by molar-refractivity contribution is -0.144. The second kappa shape index (κ2) is 8.21. The highest BCUT2D eigenvalue weighted by Crippen LogP contribution is 2.21. The van der Waals surface area contributed by atoms with Crippen molar-refractivity contribution in [2.24, 2.45) is 0 Å². The zero-order valence-corrected chi connectivity index (χ0v) is 16.0. The molecule has 0 aliphatic heterocycles. The minimum Gasteiger partial charge on any atom is -0.460 e. The molecule has 0 spiro atoms. The van der Waals surface area contributed by atoms with Crippen molar-refractivity contribution in [1.29, 1.82) is 5.26 Å². The van der Waals surface area contributed by atoms with Crippen LogP contribution >= 0.6 is 0 Å². The molecule has 0 heterocycles. The fourth-order valence-electron chi connectivity index (χ4n) is 2.73. The summed E-state index contributed by atoms with van der Waals surface area (Å²) in [6, 6.07) is 21.0. The standard InChI is InChI=1S/C21H18N2O4S/c1-23(14-21(24)27-15-19-9-5-4-8-18(19)13-22)28(25,26)20-11-10-16-6-2-3-7-17(16)12-20/h2-12H,14-15H2,1H3. The molecule has 28 heavy (non-hydrogen) atoms. The van der Waals surface area contributed by atoms with Crippen molar-refractivity contribution >= 4 is 26.8 Å². The second-order valence-corrected chi connectivity index (χ2v) is 8.24. The Labute approximate surface area is 163 Å². The van der Waals surface area contributed by atoms with E-state index in [1.165, 1.54) is 13.1 Å². The maximum absolute atomic E-state index is 12.8. The maximum Gasteiger partial charge on any atom is 0.321 e. The van der Waals surface area contributed by atoms with E-state index in [1.807, 2.05) is 30.3 Å². The highest BCUT2D eigenvalue weighted by Gasteiger charge is 2.24. The first kappa shape index (κ1) is 19.5. The Morgan fingerprint density at radius 3 is 2.46 bits per heavy atom. The van der Waals surface area contributed by atoms with Crippen molar-refractivity contribution < 1.29 is 17.9 Å². The van der Waals surface area contributed by atoms with Crippen molar-refractivity contribution in [1.82, 2.24) is 4.31 Å². The minimum absolute atomic E-state index is 0.0908. The van der Waals surface area contributed by atoms with Gasteiger partial charge in [-0.15, -0.1) is 0 Å². The molecule has 0 bridgehead atoms. The minimum atomic E-state index is -3.84. The van der Waals surface area contributed by atoms with E-state index in [1.54, 1.807) is 36.4 Å². The van der Waals surface area contributed by atoms with E-state index in [4.69, 9.17) is 10.00 Å². The number of likely N-dealkylation sites (N-methyl/N-ethyl adjacent to an activating group) is 1. The number of fused-ring (bicyclic) bond motifs is 1. The highest BCUT2D eigenvalue weighted by atomic mass is 32.2. The number of nitriles is 1. The molecule has 0 saturated carbocycles. The highest BCUT2D eigenvalue weighted by molar-refractivity contribution is 7.89. The van der Waals surface area contributed by atoms with Gasteiger partial charge in [-0.05, 0) is 29.0 Å². The van der Waals surface area contributed by atoms with Gasteiger partial charge in [-0.25, -0.2) is 8.42 Å². The zero-order valence-electron chi connectivity index (χ0n) is 15.2. The number of nitrogens with zero attached hydrogens (tertiary/aromatic N) is 2. The molecule has 0 amide bonds. The van der Waals surface area contributed by atoms with E-state index in [0.29, 0.717) is 11.1 Å². The molecule has 0 radical (unpaired) electrons. The van der Waals surface area contributed by atoms with Crippen LogP contribution in [-0.4, -0.2) is 32.3 Å². The zero-order chi connectivity index (χ0) is 20.1. The van der Waals surface area contributed by atoms with Crippen molar-refractivity contribution in [2.75, 3.05) is 13.6 Å². The molecule has 3 rings (SSSR count). The van der Waals surface area contributed by atoms with Gasteiger partial charge in [0.2, 0.25) is 10.0 Å². The Bertz CT molecular complexity index is 1170. The Morgan fingerprint density at radius 1 is 1.04 bits per heavy atom. The molecule has 0 aliphatic rings. The fourth-order valence-corrected chi connectivity index (χ4v) is 3.88. The van der Waals surface area contributed by atoms with E-state index in [9.17, 15) is 13.2 Å². The Kier molecular flexibility index (Phi) is 5.73. The van der Waals surface area contributed by atoms with Crippen LogP contribution in [-0.2, 0) is 26.2 Å². The van der Waals surface area contributed by atoms with Crippen LogP contribution in [0.4, 0.5) is 0 Å². The van der Waals surface area contributed by atoms with Crippen LogP contribution in [0.15, 0.2) is 71.6 Å². The monoisotopic (exact) mass is 394 g/mol. The average molecular weight is 394 g/mol. The summed E-state index contributed by atoms with van der Waals surface area (Å²) in [6.45, 7) is -0.518. The van der Waals surface area contributed by atoms with Gasteiger partial charge in [0.05, 0.1) is 16.5 Å². The lowest BCUT2D eigenvalue weighted by Crippen LogP contribution is -2.33. The van der Waals surface area contributed by atoms with Crippen LogP contribution in [0.3, 0.4) is 0 Å². The molecular weight excluding hydrogens is 376 g/mol. The third kappa shape index (κ3) is 4.19. The lowest BCUT2D eigenvalue weighted by atomic mass is 10.1. The molecule has 0 aliphatic carbocycles. The third-order valence-corrected chi connectivity index (χ3v) is 6.11. The topological polar surface area (TPSA) is 87.5 Å². The number of carbonyl (C=O) groups is 1. The first-order chi connectivity index (χ1) is 13.4. The molecule has 3 aromatic rings. The Balaban J connectivity index is 1.69. The number of hydrogen-bond donors (Lipinski definition) is 0. The number of rotatable bonds is 6. The van der Waals surface area contributed by atoms with Gasteiger partial charge in [-0.2, -0.15) is 9.57 Å². The van der Waals surface area contributed by atoms with Gasteiger partial charge < -0.3 is 4.74 Å². The van der Waals surface area contributed by atoms with Gasteiger partial charge in [0.25, 0.3) is 0 Å². The van der Waals surface area contributed by atoms with Gasteiger partial charge in [-0.3, -0.25) is 4.79 Å². The molecule has 7 heteroatoms. The maximum atomic E-state index is 12.8. The van der Waals surface area contributed by atoms with E-state index in [2.05, 4.69) is 0 Å². The molecule has 0 atom stereocenters. The summed E-state index contributed by atoms with van der Waals surface area (Å²) in [5, 5.41) is 10.8. The molecule has 142 valence electrons. The number of ether oxygens (including phenoxy) is 1. The van der Waals surface area contributed by atoms with Crippen molar-refractivity contribution in [3.05, 3.63) is 77.9 Å². The van der Waals surface area contributed by atoms with E-state index >= 15 is 0 Å². The van der Waals surface area contributed by atoms with E-state index in [0.717, 1.165) is 15.1 Å². The van der Waals surface area contributed by atoms with Gasteiger partial charge in [0.15, 0.2) is 0 Å². The average Bonchev–Trinajstić information content (AvgIpc) is 2.72. The van der Waals surface area contributed by atoms with E-state index < -0.39 is 22.5 Å². The second-order valence-electron chi connectivity index (χ2n) is 6.20. The van der Waals surface area contributed by atoms with Crippen LogP contribution < -0.4 is 0 Å². The van der Waals surface area contributed by atoms with Gasteiger partial charge in [0, 0.05) is 12.6 Å². The van der Waals surface area contributed by atoms with Gasteiger partial charge in [0.1, 0.15) is 13.2 Å². The molecule has 6 nitrogen and oxygen atoms in total. The number of carbonyl (C=O) groups excluding carboxylic acids is 1. The van der Waals surface area contributed by atoms with Crippen LogP contribution in [0.2, 0.25) is 0 Å². The third-order valence-electron chi connectivity index (χ3n) is 4.31. The summed E-state index contributed by atoms with van der Waals surface area (Å²) < 4.78 is 31.6. The van der Waals surface area contributed by atoms with Crippen LogP contribution in [0.1, 0.15) is 11.1 Å².